The maximum atomic E-state index is 11.9. The normalized spacial score (nSPS) is 53.5. The lowest BCUT2D eigenvalue weighted by Gasteiger charge is -2.28. The number of hydrogen-bond donors (Lipinski definition) is 0. The molecule has 3 fully saturated rings. The van der Waals surface area contributed by atoms with Crippen LogP contribution in [0.5, 0.6) is 0 Å². The van der Waals surface area contributed by atoms with Crippen LogP contribution in [0, 0.1) is 29.1 Å². The maximum absolute atomic E-state index is 11.9. The summed E-state index contributed by atoms with van der Waals surface area (Å²) in [7, 11) is 0. The summed E-state index contributed by atoms with van der Waals surface area (Å²) in [6.45, 7) is 8.72. The Morgan fingerprint density at radius 3 is 2.93 bits per heavy atom. The average molecular weight is 204 g/mol. The van der Waals surface area contributed by atoms with Crippen molar-refractivity contribution in [3.05, 3.63) is 12.2 Å². The molecule has 3 saturated carbocycles. The van der Waals surface area contributed by atoms with Crippen molar-refractivity contribution < 1.29 is 4.79 Å². The molecule has 5 unspecified atom stereocenters. The molecular formula is C14H20O. The Balaban J connectivity index is 2.01. The van der Waals surface area contributed by atoms with Crippen molar-refractivity contribution in [2.75, 3.05) is 0 Å². The molecule has 0 bridgehead atoms. The van der Waals surface area contributed by atoms with Crippen LogP contribution in [0.25, 0.3) is 0 Å². The molecule has 82 valence electrons. The van der Waals surface area contributed by atoms with Gasteiger partial charge in [-0.25, -0.2) is 0 Å². The van der Waals surface area contributed by atoms with Crippen molar-refractivity contribution >= 4 is 5.78 Å². The van der Waals surface area contributed by atoms with Gasteiger partial charge in [-0.05, 0) is 42.4 Å². The number of ketones is 1. The molecule has 0 aromatic rings. The minimum Gasteiger partial charge on any atom is -0.299 e. The van der Waals surface area contributed by atoms with Gasteiger partial charge < -0.3 is 0 Å². The lowest BCUT2D eigenvalue weighted by Crippen LogP contribution is -2.24. The van der Waals surface area contributed by atoms with Crippen LogP contribution in [0.2, 0.25) is 0 Å². The average Bonchev–Trinajstić information content (AvgIpc) is 2.68. The first-order chi connectivity index (χ1) is 7.03. The van der Waals surface area contributed by atoms with Gasteiger partial charge in [0.15, 0.2) is 0 Å². The third-order valence-corrected chi connectivity index (χ3v) is 5.36. The first-order valence-electron chi connectivity index (χ1n) is 6.23. The molecule has 0 heterocycles. The second-order valence-electron chi connectivity index (χ2n) is 6.30. The molecule has 3 aliphatic carbocycles. The van der Waals surface area contributed by atoms with Gasteiger partial charge in [0.1, 0.15) is 5.78 Å². The van der Waals surface area contributed by atoms with E-state index >= 15 is 0 Å². The van der Waals surface area contributed by atoms with Crippen molar-refractivity contribution in [1.82, 2.24) is 0 Å². The number of carbonyl (C=O) groups is 1. The van der Waals surface area contributed by atoms with Crippen LogP contribution in [0.15, 0.2) is 12.2 Å². The summed E-state index contributed by atoms with van der Waals surface area (Å²) in [6.07, 6.45) is 4.65. The van der Waals surface area contributed by atoms with Crippen LogP contribution in [-0.4, -0.2) is 5.78 Å². The summed E-state index contributed by atoms with van der Waals surface area (Å²) < 4.78 is 0. The molecule has 1 nitrogen and oxygen atoms in total. The smallest absolute Gasteiger partial charge is 0.136 e. The van der Waals surface area contributed by atoms with Crippen LogP contribution in [0.3, 0.4) is 0 Å². The number of fused-ring (bicyclic) bond motifs is 3. The number of allylic oxidation sites excluding steroid dienone is 1. The minimum absolute atomic E-state index is 0.292. The summed E-state index contributed by atoms with van der Waals surface area (Å²) in [5, 5.41) is 0. The standard InChI is InChI=1S/C14H20O/c1-8-4-5-10-6-14(3)7-11(15)9(2)13(14)12(8)10/h9-10,12-13H,1,4-7H2,2-3H3. The van der Waals surface area contributed by atoms with Crippen LogP contribution in [0.4, 0.5) is 0 Å². The molecule has 0 aromatic heterocycles. The number of carbonyl (C=O) groups excluding carboxylic acids is 1. The third-order valence-electron chi connectivity index (χ3n) is 5.36. The van der Waals surface area contributed by atoms with E-state index in [1.54, 1.807) is 0 Å². The second-order valence-corrected chi connectivity index (χ2v) is 6.30. The Bertz CT molecular complexity index is 343. The Kier molecular flexibility index (Phi) is 1.76. The van der Waals surface area contributed by atoms with Crippen molar-refractivity contribution in [3.8, 4) is 0 Å². The van der Waals surface area contributed by atoms with E-state index in [0.29, 0.717) is 29.0 Å². The highest BCUT2D eigenvalue weighted by molar-refractivity contribution is 5.84. The van der Waals surface area contributed by atoms with Gasteiger partial charge in [-0.15, -0.1) is 0 Å². The van der Waals surface area contributed by atoms with Crippen molar-refractivity contribution in [1.29, 1.82) is 0 Å². The Morgan fingerprint density at radius 2 is 2.20 bits per heavy atom. The number of Topliss-reactive ketones (excluding diaryl/α,β-unsaturated/α-hetero) is 1. The Hall–Kier alpha value is -0.590. The lowest BCUT2D eigenvalue weighted by atomic mass is 9.75. The molecule has 0 aliphatic heterocycles. The van der Waals surface area contributed by atoms with E-state index in [9.17, 15) is 4.79 Å². The van der Waals surface area contributed by atoms with E-state index in [2.05, 4.69) is 20.4 Å². The topological polar surface area (TPSA) is 17.1 Å². The zero-order chi connectivity index (χ0) is 10.8. The molecule has 0 N–H and O–H groups in total. The van der Waals surface area contributed by atoms with Gasteiger partial charge in [-0.3, -0.25) is 4.79 Å². The molecule has 0 saturated heterocycles. The third kappa shape index (κ3) is 1.07. The fourth-order valence-electron chi connectivity index (χ4n) is 4.86. The van der Waals surface area contributed by atoms with E-state index in [1.807, 2.05) is 0 Å². The van der Waals surface area contributed by atoms with Crippen LogP contribution in [0.1, 0.15) is 39.5 Å². The number of hydrogen-bond acceptors (Lipinski definition) is 1. The molecule has 5 atom stereocenters. The van der Waals surface area contributed by atoms with Crippen molar-refractivity contribution in [3.63, 3.8) is 0 Å². The van der Waals surface area contributed by atoms with Crippen molar-refractivity contribution in [2.24, 2.45) is 29.1 Å². The first-order valence-corrected chi connectivity index (χ1v) is 6.23. The maximum Gasteiger partial charge on any atom is 0.136 e. The van der Waals surface area contributed by atoms with E-state index in [4.69, 9.17) is 0 Å². The summed E-state index contributed by atoms with van der Waals surface area (Å²) >= 11 is 0. The van der Waals surface area contributed by atoms with Crippen LogP contribution < -0.4 is 0 Å². The van der Waals surface area contributed by atoms with Gasteiger partial charge >= 0.3 is 0 Å². The molecule has 1 heteroatoms. The molecular weight excluding hydrogens is 184 g/mol. The fourth-order valence-corrected chi connectivity index (χ4v) is 4.86. The van der Waals surface area contributed by atoms with E-state index in [1.165, 1.54) is 24.8 Å². The monoisotopic (exact) mass is 204 g/mol. The van der Waals surface area contributed by atoms with Gasteiger partial charge in [-0.2, -0.15) is 0 Å². The van der Waals surface area contributed by atoms with Gasteiger partial charge in [0.05, 0.1) is 0 Å². The zero-order valence-corrected chi connectivity index (χ0v) is 9.75. The highest BCUT2D eigenvalue weighted by Gasteiger charge is 2.60. The number of rotatable bonds is 0. The second kappa shape index (κ2) is 2.75. The van der Waals surface area contributed by atoms with E-state index in [-0.39, 0.29) is 0 Å². The molecule has 3 aliphatic rings. The SMILES string of the molecule is C=C1CCC2CC3(C)CC(=O)C(C)C3C12. The van der Waals surface area contributed by atoms with E-state index in [0.717, 1.165) is 12.3 Å². The van der Waals surface area contributed by atoms with Gasteiger partial charge in [0.2, 0.25) is 0 Å². The summed E-state index contributed by atoms with van der Waals surface area (Å²) in [5.41, 5.74) is 1.75. The molecule has 0 aromatic carbocycles. The van der Waals surface area contributed by atoms with Gasteiger partial charge in [0, 0.05) is 12.3 Å². The minimum atomic E-state index is 0.292. The van der Waals surface area contributed by atoms with Gasteiger partial charge in [-0.1, -0.05) is 26.0 Å². The highest BCUT2D eigenvalue weighted by atomic mass is 16.1. The molecule has 0 amide bonds. The molecule has 0 spiro atoms. The largest absolute Gasteiger partial charge is 0.299 e. The lowest BCUT2D eigenvalue weighted by molar-refractivity contribution is -0.121. The van der Waals surface area contributed by atoms with Gasteiger partial charge in [0.25, 0.3) is 0 Å². The summed E-state index contributed by atoms with van der Waals surface area (Å²) in [4.78, 5) is 11.9. The zero-order valence-electron chi connectivity index (χ0n) is 9.75. The molecule has 15 heavy (non-hydrogen) atoms. The van der Waals surface area contributed by atoms with Crippen molar-refractivity contribution in [2.45, 2.75) is 39.5 Å². The Labute approximate surface area is 91.9 Å². The fraction of sp³-hybridized carbons (Fsp3) is 0.786. The summed E-state index contributed by atoms with van der Waals surface area (Å²) in [6, 6.07) is 0. The first kappa shape index (κ1) is 9.62. The quantitative estimate of drug-likeness (QED) is 0.554. The highest BCUT2D eigenvalue weighted by Crippen LogP contribution is 2.65. The van der Waals surface area contributed by atoms with E-state index < -0.39 is 0 Å². The van der Waals surface area contributed by atoms with Crippen LogP contribution >= 0.6 is 0 Å². The molecule has 0 radical (unpaired) electrons. The predicted molar refractivity (Wildman–Crippen MR) is 60.4 cm³/mol. The Morgan fingerprint density at radius 1 is 1.47 bits per heavy atom. The summed E-state index contributed by atoms with van der Waals surface area (Å²) in [5.74, 6) is 2.94. The van der Waals surface area contributed by atoms with Crippen LogP contribution in [-0.2, 0) is 4.79 Å². The molecule has 3 rings (SSSR count). The predicted octanol–water partition coefficient (Wildman–Crippen LogP) is 3.20.